The van der Waals surface area contributed by atoms with Crippen molar-refractivity contribution in [2.24, 2.45) is 0 Å². The number of allylic oxidation sites excluding steroid dienone is 1. The van der Waals surface area contributed by atoms with Gasteiger partial charge in [-0.3, -0.25) is 4.79 Å². The van der Waals surface area contributed by atoms with Gasteiger partial charge in [0.1, 0.15) is 5.69 Å². The van der Waals surface area contributed by atoms with Gasteiger partial charge in [0.05, 0.1) is 5.57 Å². The molecule has 4 rings (SSSR count). The lowest BCUT2D eigenvalue weighted by Gasteiger charge is -2.05. The Kier molecular flexibility index (Phi) is 3.53. The standard InChI is InChI=1S/C22H13NO/c24-22-19-12-5-4-11-18(19)21(16-8-2-1-3-9-16)20(22)14-13-17-10-6-7-15-23-17/h1-12,15H. The van der Waals surface area contributed by atoms with Gasteiger partial charge in [-0.1, -0.05) is 66.6 Å². The molecule has 0 fully saturated rings. The number of hydrogen-bond donors (Lipinski definition) is 0. The van der Waals surface area contributed by atoms with Crippen LogP contribution in [0.2, 0.25) is 0 Å². The first-order valence-electron chi connectivity index (χ1n) is 7.71. The Labute approximate surface area is 140 Å². The molecule has 0 spiro atoms. The number of rotatable bonds is 1. The Morgan fingerprint density at radius 2 is 1.42 bits per heavy atom. The van der Waals surface area contributed by atoms with Crippen molar-refractivity contribution >= 4 is 11.4 Å². The lowest BCUT2D eigenvalue weighted by atomic mass is 9.98. The largest absolute Gasteiger partial charge is 0.288 e. The highest BCUT2D eigenvalue weighted by molar-refractivity contribution is 6.25. The summed E-state index contributed by atoms with van der Waals surface area (Å²) in [5.41, 5.74) is 4.75. The zero-order valence-electron chi connectivity index (χ0n) is 12.9. The van der Waals surface area contributed by atoms with Gasteiger partial charge in [0.25, 0.3) is 0 Å². The number of hydrogen-bond acceptors (Lipinski definition) is 2. The Hall–Kier alpha value is -3.44. The minimum absolute atomic E-state index is 0.0205. The van der Waals surface area contributed by atoms with Crippen molar-refractivity contribution in [2.75, 3.05) is 0 Å². The number of aromatic nitrogens is 1. The monoisotopic (exact) mass is 307 g/mol. The predicted molar refractivity (Wildman–Crippen MR) is 94.4 cm³/mol. The Balaban J connectivity index is 1.91. The van der Waals surface area contributed by atoms with E-state index >= 15 is 0 Å². The molecule has 0 saturated heterocycles. The second kappa shape index (κ2) is 5.98. The Morgan fingerprint density at radius 1 is 0.708 bits per heavy atom. The van der Waals surface area contributed by atoms with E-state index in [1.54, 1.807) is 6.20 Å². The molecule has 24 heavy (non-hydrogen) atoms. The number of carbonyl (C=O) groups excluding carboxylic acids is 1. The maximum Gasteiger partial charge on any atom is 0.202 e. The van der Waals surface area contributed by atoms with E-state index in [-0.39, 0.29) is 5.78 Å². The van der Waals surface area contributed by atoms with Gasteiger partial charge in [0, 0.05) is 17.3 Å². The van der Waals surface area contributed by atoms with Gasteiger partial charge in [0.2, 0.25) is 5.78 Å². The molecule has 2 nitrogen and oxygen atoms in total. The van der Waals surface area contributed by atoms with Crippen LogP contribution in [0.25, 0.3) is 5.57 Å². The molecule has 112 valence electrons. The zero-order valence-corrected chi connectivity index (χ0v) is 12.9. The Morgan fingerprint density at radius 3 is 2.17 bits per heavy atom. The summed E-state index contributed by atoms with van der Waals surface area (Å²) in [5.74, 6) is 6.05. The third kappa shape index (κ3) is 2.43. The molecule has 1 heterocycles. The van der Waals surface area contributed by atoms with Gasteiger partial charge in [-0.2, -0.15) is 0 Å². The molecule has 0 saturated carbocycles. The number of benzene rings is 2. The van der Waals surface area contributed by atoms with E-state index in [2.05, 4.69) is 16.8 Å². The summed E-state index contributed by atoms with van der Waals surface area (Å²) >= 11 is 0. The zero-order chi connectivity index (χ0) is 16.4. The van der Waals surface area contributed by atoms with Gasteiger partial charge in [-0.15, -0.1) is 0 Å². The van der Waals surface area contributed by atoms with Crippen molar-refractivity contribution in [1.82, 2.24) is 4.98 Å². The van der Waals surface area contributed by atoms with E-state index in [0.29, 0.717) is 16.8 Å². The van der Waals surface area contributed by atoms with Crippen LogP contribution in [0.3, 0.4) is 0 Å². The summed E-state index contributed by atoms with van der Waals surface area (Å²) in [4.78, 5) is 17.0. The highest BCUT2D eigenvalue weighted by atomic mass is 16.1. The van der Waals surface area contributed by atoms with Crippen LogP contribution in [0.5, 0.6) is 0 Å². The first-order valence-corrected chi connectivity index (χ1v) is 7.71. The fraction of sp³-hybridized carbons (Fsp3) is 0. The molecule has 0 unspecified atom stereocenters. The van der Waals surface area contributed by atoms with E-state index in [9.17, 15) is 4.79 Å². The maximum atomic E-state index is 12.8. The van der Waals surface area contributed by atoms with Gasteiger partial charge >= 0.3 is 0 Å². The van der Waals surface area contributed by atoms with Crippen molar-refractivity contribution in [3.63, 3.8) is 0 Å². The molecular formula is C22H13NO. The Bertz CT molecular complexity index is 1010. The first kappa shape index (κ1) is 14.2. The van der Waals surface area contributed by atoms with Crippen molar-refractivity contribution in [2.45, 2.75) is 0 Å². The van der Waals surface area contributed by atoms with Crippen LogP contribution in [0.1, 0.15) is 27.2 Å². The second-order valence-corrected chi connectivity index (χ2v) is 5.46. The summed E-state index contributed by atoms with van der Waals surface area (Å²) in [6.07, 6.45) is 1.70. The smallest absolute Gasteiger partial charge is 0.202 e. The number of Topliss-reactive ketones (excluding diaryl/α,β-unsaturated/α-hetero) is 1. The summed E-state index contributed by atoms with van der Waals surface area (Å²) in [6, 6.07) is 23.1. The van der Waals surface area contributed by atoms with Crippen LogP contribution in [0.4, 0.5) is 0 Å². The molecule has 0 amide bonds. The van der Waals surface area contributed by atoms with Gasteiger partial charge < -0.3 is 0 Å². The fourth-order valence-electron chi connectivity index (χ4n) is 2.87. The van der Waals surface area contributed by atoms with Crippen LogP contribution < -0.4 is 0 Å². The van der Waals surface area contributed by atoms with E-state index in [1.165, 1.54) is 0 Å². The van der Waals surface area contributed by atoms with Crippen LogP contribution in [-0.4, -0.2) is 10.8 Å². The summed E-state index contributed by atoms with van der Waals surface area (Å²) in [5, 5.41) is 0. The van der Waals surface area contributed by atoms with E-state index in [0.717, 1.165) is 16.7 Å². The van der Waals surface area contributed by atoms with Crippen LogP contribution in [-0.2, 0) is 0 Å². The molecule has 1 aliphatic rings. The van der Waals surface area contributed by atoms with Crippen LogP contribution in [0.15, 0.2) is 84.6 Å². The van der Waals surface area contributed by atoms with Crippen molar-refractivity contribution in [1.29, 1.82) is 0 Å². The van der Waals surface area contributed by atoms with E-state index in [1.807, 2.05) is 72.8 Å². The van der Waals surface area contributed by atoms with Crippen molar-refractivity contribution in [3.8, 4) is 11.8 Å². The van der Waals surface area contributed by atoms with Crippen LogP contribution >= 0.6 is 0 Å². The molecule has 0 N–H and O–H groups in total. The third-order valence-corrected chi connectivity index (χ3v) is 3.96. The molecule has 0 bridgehead atoms. The minimum Gasteiger partial charge on any atom is -0.288 e. The number of ketones is 1. The number of pyridine rings is 1. The van der Waals surface area contributed by atoms with Crippen molar-refractivity contribution < 1.29 is 4.79 Å². The average molecular weight is 307 g/mol. The molecule has 1 aromatic heterocycles. The SMILES string of the molecule is O=C1C(C#Cc2ccccn2)=C(c2ccccc2)c2ccccc21. The number of carbonyl (C=O) groups is 1. The van der Waals surface area contributed by atoms with E-state index < -0.39 is 0 Å². The summed E-state index contributed by atoms with van der Waals surface area (Å²) < 4.78 is 0. The lowest BCUT2D eigenvalue weighted by Crippen LogP contribution is -1.96. The predicted octanol–water partition coefficient (Wildman–Crippen LogP) is 4.13. The molecular weight excluding hydrogens is 294 g/mol. The molecule has 3 aromatic rings. The minimum atomic E-state index is -0.0205. The van der Waals surface area contributed by atoms with Crippen LogP contribution in [0, 0.1) is 11.8 Å². The molecule has 0 radical (unpaired) electrons. The summed E-state index contributed by atoms with van der Waals surface area (Å²) in [6.45, 7) is 0. The molecule has 2 heteroatoms. The highest BCUT2D eigenvalue weighted by Crippen LogP contribution is 2.36. The van der Waals surface area contributed by atoms with Gasteiger partial charge in [0.15, 0.2) is 0 Å². The fourth-order valence-corrected chi connectivity index (χ4v) is 2.87. The maximum absolute atomic E-state index is 12.8. The number of nitrogens with zero attached hydrogens (tertiary/aromatic N) is 1. The normalized spacial score (nSPS) is 12.6. The first-order chi connectivity index (χ1) is 11.8. The molecule has 0 atom stereocenters. The average Bonchev–Trinajstić information content (AvgIpc) is 2.94. The lowest BCUT2D eigenvalue weighted by molar-refractivity contribution is 0.104. The molecule has 0 aliphatic heterocycles. The summed E-state index contributed by atoms with van der Waals surface area (Å²) in [7, 11) is 0. The van der Waals surface area contributed by atoms with Gasteiger partial charge in [-0.05, 0) is 29.2 Å². The quantitative estimate of drug-likeness (QED) is 0.633. The second-order valence-electron chi connectivity index (χ2n) is 5.46. The molecule has 2 aromatic carbocycles. The molecule has 1 aliphatic carbocycles. The third-order valence-electron chi connectivity index (χ3n) is 3.96. The number of fused-ring (bicyclic) bond motifs is 1. The topological polar surface area (TPSA) is 30.0 Å². The van der Waals surface area contributed by atoms with Crippen molar-refractivity contribution in [3.05, 3.63) is 107 Å². The highest BCUT2D eigenvalue weighted by Gasteiger charge is 2.28. The van der Waals surface area contributed by atoms with E-state index in [4.69, 9.17) is 0 Å². The van der Waals surface area contributed by atoms with Gasteiger partial charge in [-0.25, -0.2) is 4.98 Å².